The Morgan fingerprint density at radius 2 is 1.71 bits per heavy atom. The van der Waals surface area contributed by atoms with E-state index in [2.05, 4.69) is 51.5 Å². The first-order valence-electron chi connectivity index (χ1n) is 11.4. The van der Waals surface area contributed by atoms with Crippen LogP contribution in [-0.2, 0) is 9.59 Å². The van der Waals surface area contributed by atoms with Gasteiger partial charge in [-0.2, -0.15) is 0 Å². The van der Waals surface area contributed by atoms with Gasteiger partial charge in [0.1, 0.15) is 0 Å². The molecule has 0 aromatic carbocycles. The van der Waals surface area contributed by atoms with Crippen LogP contribution in [0.5, 0.6) is 0 Å². The number of guanidine groups is 1. The van der Waals surface area contributed by atoms with Crippen molar-refractivity contribution in [2.45, 2.75) is 13.3 Å². The molecule has 2 saturated heterocycles. The van der Waals surface area contributed by atoms with Gasteiger partial charge in [-0.05, 0) is 31.2 Å². The van der Waals surface area contributed by atoms with E-state index < -0.39 is 0 Å². The first-order valence-corrected chi connectivity index (χ1v) is 11.4. The van der Waals surface area contributed by atoms with E-state index in [9.17, 15) is 9.59 Å². The van der Waals surface area contributed by atoms with Crippen molar-refractivity contribution in [3.63, 3.8) is 0 Å². The fourth-order valence-corrected chi connectivity index (χ4v) is 5.50. The number of likely N-dealkylation sites (N-methyl/N-ethyl adjacent to an activating group) is 1. The standard InChI is InChI=1S/C22H36N6O2.HI/c1-15(14-27-10-8-26(3)9-11-27)13-25-22(23-2)24-6-7-28-20(29)18-16-4-5-17(12-16)19(18)21(28)30;/h4-5,15-19H,6-14H2,1-3H3,(H2,23,24,25);1H. The second-order valence-electron chi connectivity index (χ2n) is 9.42. The van der Waals surface area contributed by atoms with E-state index in [1.807, 2.05) is 0 Å². The number of allylic oxidation sites excluding steroid dienone is 2. The largest absolute Gasteiger partial charge is 0.356 e. The number of halogens is 1. The highest BCUT2D eigenvalue weighted by Gasteiger charge is 2.58. The number of piperazine rings is 1. The smallest absolute Gasteiger partial charge is 0.233 e. The van der Waals surface area contributed by atoms with Gasteiger partial charge in [-0.25, -0.2) is 0 Å². The average molecular weight is 544 g/mol. The number of amides is 2. The third-order valence-corrected chi connectivity index (χ3v) is 7.20. The Hall–Kier alpha value is -1.20. The molecular weight excluding hydrogens is 507 g/mol. The zero-order chi connectivity index (χ0) is 21.3. The summed E-state index contributed by atoms with van der Waals surface area (Å²) in [4.78, 5) is 36.1. The molecule has 5 atom stereocenters. The van der Waals surface area contributed by atoms with Crippen molar-refractivity contribution < 1.29 is 9.59 Å². The molecule has 4 aliphatic rings. The number of nitrogens with zero attached hydrogens (tertiary/aromatic N) is 4. The van der Waals surface area contributed by atoms with Crippen molar-refractivity contribution in [2.24, 2.45) is 34.6 Å². The van der Waals surface area contributed by atoms with Crippen molar-refractivity contribution in [2.75, 3.05) is 66.5 Å². The summed E-state index contributed by atoms with van der Waals surface area (Å²) in [6.45, 7) is 9.62. The van der Waals surface area contributed by atoms with Gasteiger partial charge in [0.25, 0.3) is 0 Å². The minimum atomic E-state index is -0.111. The van der Waals surface area contributed by atoms with Crippen LogP contribution in [0.2, 0.25) is 0 Å². The summed E-state index contributed by atoms with van der Waals surface area (Å²) < 4.78 is 0. The maximum Gasteiger partial charge on any atom is 0.233 e. The molecule has 0 radical (unpaired) electrons. The van der Waals surface area contributed by atoms with Crippen LogP contribution in [0.3, 0.4) is 0 Å². The highest BCUT2D eigenvalue weighted by molar-refractivity contribution is 14.0. The number of carbonyl (C=O) groups excluding carboxylic acids is 2. The second kappa shape index (κ2) is 10.6. The SMILES string of the molecule is CN=C(NCCN1C(=O)C2C3C=CC(C3)C2C1=O)NCC(C)CN1CCN(C)CC1.I. The topological polar surface area (TPSA) is 80.3 Å². The molecule has 2 aliphatic carbocycles. The Morgan fingerprint density at radius 3 is 2.29 bits per heavy atom. The van der Waals surface area contributed by atoms with E-state index in [4.69, 9.17) is 0 Å². The molecule has 1 saturated carbocycles. The van der Waals surface area contributed by atoms with Crippen molar-refractivity contribution in [3.8, 4) is 0 Å². The lowest BCUT2D eigenvalue weighted by atomic mass is 9.85. The molecule has 2 bridgehead atoms. The van der Waals surface area contributed by atoms with Gasteiger partial charge in [0.05, 0.1) is 11.8 Å². The highest BCUT2D eigenvalue weighted by Crippen LogP contribution is 2.52. The molecule has 2 amide bonds. The lowest BCUT2D eigenvalue weighted by Crippen LogP contribution is -2.48. The lowest BCUT2D eigenvalue weighted by Gasteiger charge is -2.34. The fourth-order valence-electron chi connectivity index (χ4n) is 5.50. The second-order valence-corrected chi connectivity index (χ2v) is 9.42. The minimum Gasteiger partial charge on any atom is -0.356 e. The molecule has 0 spiro atoms. The highest BCUT2D eigenvalue weighted by atomic mass is 127. The number of nitrogens with one attached hydrogen (secondary N) is 2. The van der Waals surface area contributed by atoms with Crippen molar-refractivity contribution in [1.82, 2.24) is 25.3 Å². The van der Waals surface area contributed by atoms with Crippen LogP contribution in [-0.4, -0.2) is 98.9 Å². The van der Waals surface area contributed by atoms with Gasteiger partial charge in [0, 0.05) is 59.4 Å². The van der Waals surface area contributed by atoms with Gasteiger partial charge < -0.3 is 20.4 Å². The molecule has 0 aromatic heterocycles. The number of likely N-dealkylation sites (tertiary alicyclic amines) is 1. The Bertz CT molecular complexity index is 691. The molecule has 31 heavy (non-hydrogen) atoms. The van der Waals surface area contributed by atoms with E-state index in [-0.39, 0.29) is 59.5 Å². The van der Waals surface area contributed by atoms with E-state index >= 15 is 0 Å². The Morgan fingerprint density at radius 1 is 1.10 bits per heavy atom. The van der Waals surface area contributed by atoms with Crippen LogP contribution in [0.25, 0.3) is 0 Å². The monoisotopic (exact) mass is 544 g/mol. The molecule has 3 fully saturated rings. The molecule has 2 heterocycles. The zero-order valence-electron chi connectivity index (χ0n) is 18.9. The first-order chi connectivity index (χ1) is 14.5. The van der Waals surface area contributed by atoms with Crippen LogP contribution in [0.15, 0.2) is 17.1 Å². The number of imide groups is 1. The molecular formula is C22H37IN6O2. The number of fused-ring (bicyclic) bond motifs is 5. The number of hydrogen-bond acceptors (Lipinski definition) is 5. The quantitative estimate of drug-likeness (QED) is 0.160. The molecule has 2 aliphatic heterocycles. The molecule has 4 rings (SSSR count). The van der Waals surface area contributed by atoms with Crippen LogP contribution >= 0.6 is 24.0 Å². The fraction of sp³-hybridized carbons (Fsp3) is 0.773. The van der Waals surface area contributed by atoms with Crippen LogP contribution in [0, 0.1) is 29.6 Å². The predicted octanol–water partition coefficient (Wildman–Crippen LogP) is 0.460. The van der Waals surface area contributed by atoms with Gasteiger partial charge in [0.15, 0.2) is 5.96 Å². The van der Waals surface area contributed by atoms with E-state index in [0.29, 0.717) is 19.0 Å². The maximum absolute atomic E-state index is 12.7. The zero-order valence-corrected chi connectivity index (χ0v) is 21.2. The summed E-state index contributed by atoms with van der Waals surface area (Å²) in [5.74, 6) is 1.59. The number of carbonyl (C=O) groups is 2. The lowest BCUT2D eigenvalue weighted by molar-refractivity contribution is -0.140. The van der Waals surface area contributed by atoms with Gasteiger partial charge in [0.2, 0.25) is 11.8 Å². The molecule has 9 heteroatoms. The average Bonchev–Trinajstić information content (AvgIpc) is 3.41. The maximum atomic E-state index is 12.7. The predicted molar refractivity (Wildman–Crippen MR) is 132 cm³/mol. The molecule has 0 aromatic rings. The summed E-state index contributed by atoms with van der Waals surface area (Å²) in [5.41, 5.74) is 0. The van der Waals surface area contributed by atoms with Gasteiger partial charge in [-0.1, -0.05) is 19.1 Å². The van der Waals surface area contributed by atoms with E-state index in [0.717, 1.165) is 51.6 Å². The molecule has 2 N–H and O–H groups in total. The Balaban J connectivity index is 0.00000272. The molecule has 174 valence electrons. The summed E-state index contributed by atoms with van der Waals surface area (Å²) in [6.07, 6.45) is 5.24. The van der Waals surface area contributed by atoms with Crippen LogP contribution in [0.4, 0.5) is 0 Å². The molecule has 5 unspecified atom stereocenters. The summed E-state index contributed by atoms with van der Waals surface area (Å²) >= 11 is 0. The van der Waals surface area contributed by atoms with Crippen LogP contribution < -0.4 is 10.6 Å². The van der Waals surface area contributed by atoms with Crippen LogP contribution in [0.1, 0.15) is 13.3 Å². The minimum absolute atomic E-state index is 0. The third-order valence-electron chi connectivity index (χ3n) is 7.20. The normalized spacial score (nSPS) is 31.7. The molecule has 8 nitrogen and oxygen atoms in total. The van der Waals surface area contributed by atoms with Gasteiger partial charge >= 0.3 is 0 Å². The van der Waals surface area contributed by atoms with E-state index in [1.165, 1.54) is 4.90 Å². The van der Waals surface area contributed by atoms with E-state index in [1.54, 1.807) is 7.05 Å². The summed E-state index contributed by atoms with van der Waals surface area (Å²) in [5, 5.41) is 6.65. The van der Waals surface area contributed by atoms with Gasteiger partial charge in [-0.3, -0.25) is 19.5 Å². The number of rotatable bonds is 7. The Kier molecular flexibility index (Phi) is 8.37. The first kappa shape index (κ1) is 24.4. The van der Waals surface area contributed by atoms with Gasteiger partial charge in [-0.15, -0.1) is 24.0 Å². The van der Waals surface area contributed by atoms with Crippen molar-refractivity contribution >= 4 is 41.8 Å². The third kappa shape index (κ3) is 5.24. The Labute approximate surface area is 202 Å². The number of aliphatic imine (C=N–C) groups is 1. The summed E-state index contributed by atoms with van der Waals surface area (Å²) in [6, 6.07) is 0. The van der Waals surface area contributed by atoms with Crippen molar-refractivity contribution in [1.29, 1.82) is 0 Å². The summed E-state index contributed by atoms with van der Waals surface area (Å²) in [7, 11) is 3.93. The van der Waals surface area contributed by atoms with Crippen molar-refractivity contribution in [3.05, 3.63) is 12.2 Å². The number of hydrogen-bond donors (Lipinski definition) is 2.